The summed E-state index contributed by atoms with van der Waals surface area (Å²) >= 11 is 0. The smallest absolute Gasteiger partial charge is 0.272 e. The van der Waals surface area contributed by atoms with Gasteiger partial charge in [0, 0.05) is 12.1 Å². The van der Waals surface area contributed by atoms with E-state index in [2.05, 4.69) is 15.5 Å². The Morgan fingerprint density at radius 1 is 1.30 bits per heavy atom. The van der Waals surface area contributed by atoms with Crippen LogP contribution in [0.2, 0.25) is 0 Å². The van der Waals surface area contributed by atoms with E-state index >= 15 is 0 Å². The van der Waals surface area contributed by atoms with E-state index in [1.807, 2.05) is 12.1 Å². The molecule has 2 heterocycles. The number of H-pyrrole nitrogens is 1. The van der Waals surface area contributed by atoms with Crippen molar-refractivity contribution in [3.8, 4) is 11.5 Å². The summed E-state index contributed by atoms with van der Waals surface area (Å²) in [5.74, 6) is 0.609. The lowest BCUT2D eigenvalue weighted by Gasteiger charge is -2.38. The van der Waals surface area contributed by atoms with E-state index in [-0.39, 0.29) is 11.9 Å². The van der Waals surface area contributed by atoms with Crippen molar-refractivity contribution in [2.24, 2.45) is 5.41 Å². The van der Waals surface area contributed by atoms with Crippen molar-refractivity contribution in [3.05, 3.63) is 30.2 Å². The highest BCUT2D eigenvalue weighted by atomic mass is 16.3. The van der Waals surface area contributed by atoms with Crippen LogP contribution in [0.5, 0.6) is 0 Å². The summed E-state index contributed by atoms with van der Waals surface area (Å²) < 4.78 is 5.32. The van der Waals surface area contributed by atoms with E-state index < -0.39 is 0 Å². The van der Waals surface area contributed by atoms with Crippen LogP contribution in [0.4, 0.5) is 0 Å². The van der Waals surface area contributed by atoms with Crippen molar-refractivity contribution in [2.45, 2.75) is 57.4 Å². The van der Waals surface area contributed by atoms with Gasteiger partial charge >= 0.3 is 0 Å². The molecule has 2 fully saturated rings. The first-order valence-corrected chi connectivity index (χ1v) is 8.64. The highest BCUT2D eigenvalue weighted by Crippen LogP contribution is 2.48. The molecule has 0 radical (unpaired) electrons. The van der Waals surface area contributed by atoms with Gasteiger partial charge in [0.2, 0.25) is 0 Å². The van der Waals surface area contributed by atoms with Gasteiger partial charge in [0.1, 0.15) is 5.69 Å². The molecule has 1 amide bonds. The third kappa shape index (κ3) is 2.92. The number of nitrogens with zero attached hydrogens (tertiary/aromatic N) is 1. The molecular formula is C18H23N3O2. The monoisotopic (exact) mass is 313 g/mol. The Balaban J connectivity index is 1.41. The lowest BCUT2D eigenvalue weighted by molar-refractivity contribution is 0.0881. The van der Waals surface area contributed by atoms with Gasteiger partial charge in [-0.2, -0.15) is 5.10 Å². The van der Waals surface area contributed by atoms with Crippen LogP contribution in [0.25, 0.3) is 11.5 Å². The van der Waals surface area contributed by atoms with Crippen LogP contribution in [0.1, 0.15) is 61.9 Å². The van der Waals surface area contributed by atoms with Crippen LogP contribution in [-0.2, 0) is 0 Å². The topological polar surface area (TPSA) is 70.9 Å². The Labute approximate surface area is 135 Å². The van der Waals surface area contributed by atoms with Gasteiger partial charge in [-0.3, -0.25) is 9.89 Å². The summed E-state index contributed by atoms with van der Waals surface area (Å²) in [5, 5.41) is 10.2. The molecule has 1 unspecified atom stereocenters. The molecule has 4 rings (SSSR count). The summed E-state index contributed by atoms with van der Waals surface area (Å²) in [6.07, 6.45) is 11.8. The second-order valence-corrected chi connectivity index (χ2v) is 7.12. The maximum absolute atomic E-state index is 12.5. The van der Waals surface area contributed by atoms with Gasteiger partial charge in [0.25, 0.3) is 5.91 Å². The van der Waals surface area contributed by atoms with E-state index in [4.69, 9.17) is 4.42 Å². The number of furan rings is 1. The van der Waals surface area contributed by atoms with Crippen molar-refractivity contribution in [3.63, 3.8) is 0 Å². The predicted octanol–water partition coefficient (Wildman–Crippen LogP) is 3.90. The molecule has 0 bridgehead atoms. The first kappa shape index (κ1) is 14.5. The first-order valence-electron chi connectivity index (χ1n) is 8.64. The first-order chi connectivity index (χ1) is 11.2. The minimum Gasteiger partial charge on any atom is -0.463 e. The standard InChI is InChI=1S/C18H23N3O2/c22-17(15-11-14(20-21-15)16-6-4-10-23-16)19-13-5-3-9-18(12-13)7-1-2-8-18/h4,6,10-11,13H,1-3,5,7-9,12H2,(H,19,22)(H,20,21). The second kappa shape index (κ2) is 5.87. The van der Waals surface area contributed by atoms with Crippen molar-refractivity contribution in [1.29, 1.82) is 0 Å². The molecule has 2 aliphatic carbocycles. The van der Waals surface area contributed by atoms with Gasteiger partial charge in [-0.05, 0) is 49.7 Å². The number of rotatable bonds is 3. The molecule has 2 N–H and O–H groups in total. The average Bonchev–Trinajstić information content (AvgIpc) is 3.29. The van der Waals surface area contributed by atoms with E-state index in [1.54, 1.807) is 12.3 Å². The quantitative estimate of drug-likeness (QED) is 0.902. The Morgan fingerprint density at radius 3 is 2.91 bits per heavy atom. The molecular weight excluding hydrogens is 290 g/mol. The number of aromatic nitrogens is 2. The van der Waals surface area contributed by atoms with Gasteiger partial charge in [0.15, 0.2) is 11.5 Å². The zero-order valence-electron chi connectivity index (χ0n) is 13.3. The molecule has 0 aliphatic heterocycles. The zero-order valence-corrected chi connectivity index (χ0v) is 13.3. The molecule has 1 atom stereocenters. The van der Waals surface area contributed by atoms with Crippen LogP contribution in [0.15, 0.2) is 28.9 Å². The molecule has 2 saturated carbocycles. The van der Waals surface area contributed by atoms with E-state index in [0.29, 0.717) is 16.9 Å². The molecule has 122 valence electrons. The number of nitrogens with one attached hydrogen (secondary N) is 2. The Bertz CT molecular complexity index is 668. The lowest BCUT2D eigenvalue weighted by atomic mass is 9.71. The van der Waals surface area contributed by atoms with E-state index in [9.17, 15) is 4.79 Å². The number of carbonyl (C=O) groups is 1. The number of hydrogen-bond acceptors (Lipinski definition) is 3. The summed E-state index contributed by atoms with van der Waals surface area (Å²) in [6.45, 7) is 0. The molecule has 5 nitrogen and oxygen atoms in total. The Hall–Kier alpha value is -2.04. The van der Waals surface area contributed by atoms with Crippen molar-refractivity contribution in [2.75, 3.05) is 0 Å². The minimum atomic E-state index is -0.0842. The van der Waals surface area contributed by atoms with E-state index in [0.717, 1.165) is 18.5 Å². The van der Waals surface area contributed by atoms with Gasteiger partial charge in [-0.1, -0.05) is 19.3 Å². The largest absolute Gasteiger partial charge is 0.463 e. The average molecular weight is 313 g/mol. The highest BCUT2D eigenvalue weighted by Gasteiger charge is 2.39. The maximum Gasteiger partial charge on any atom is 0.272 e. The number of carbonyl (C=O) groups excluding carboxylic acids is 1. The molecule has 2 aromatic heterocycles. The van der Waals surface area contributed by atoms with Crippen LogP contribution in [-0.4, -0.2) is 22.1 Å². The molecule has 5 heteroatoms. The molecule has 2 aliphatic rings. The van der Waals surface area contributed by atoms with Crippen LogP contribution in [0.3, 0.4) is 0 Å². The third-order valence-electron chi connectivity index (χ3n) is 5.54. The molecule has 1 spiro atoms. The molecule has 0 saturated heterocycles. The number of amides is 1. The fourth-order valence-electron chi connectivity index (χ4n) is 4.41. The van der Waals surface area contributed by atoms with Crippen LogP contribution in [0, 0.1) is 5.41 Å². The Morgan fingerprint density at radius 2 is 2.13 bits per heavy atom. The SMILES string of the molecule is O=C(NC1CCCC2(CCCC2)C1)c1cc(-c2ccco2)[nH]n1. The maximum atomic E-state index is 12.5. The zero-order chi connectivity index (χ0) is 15.7. The molecule has 23 heavy (non-hydrogen) atoms. The summed E-state index contributed by atoms with van der Waals surface area (Å²) in [5.41, 5.74) is 1.67. The summed E-state index contributed by atoms with van der Waals surface area (Å²) in [7, 11) is 0. The lowest BCUT2D eigenvalue weighted by Crippen LogP contribution is -2.41. The van der Waals surface area contributed by atoms with Gasteiger partial charge in [-0.15, -0.1) is 0 Å². The van der Waals surface area contributed by atoms with Crippen LogP contribution < -0.4 is 5.32 Å². The predicted molar refractivity (Wildman–Crippen MR) is 86.9 cm³/mol. The number of aromatic amines is 1. The minimum absolute atomic E-state index is 0.0842. The van der Waals surface area contributed by atoms with Crippen molar-refractivity contribution >= 4 is 5.91 Å². The van der Waals surface area contributed by atoms with Gasteiger partial charge in [0.05, 0.1) is 6.26 Å². The van der Waals surface area contributed by atoms with E-state index in [1.165, 1.54) is 38.5 Å². The second-order valence-electron chi connectivity index (χ2n) is 7.12. The third-order valence-corrected chi connectivity index (χ3v) is 5.54. The summed E-state index contributed by atoms with van der Waals surface area (Å²) in [4.78, 5) is 12.5. The fraction of sp³-hybridized carbons (Fsp3) is 0.556. The van der Waals surface area contributed by atoms with Gasteiger partial charge in [-0.25, -0.2) is 0 Å². The van der Waals surface area contributed by atoms with Crippen molar-refractivity contribution in [1.82, 2.24) is 15.5 Å². The Kier molecular flexibility index (Phi) is 3.71. The summed E-state index contributed by atoms with van der Waals surface area (Å²) in [6, 6.07) is 5.71. The van der Waals surface area contributed by atoms with Gasteiger partial charge < -0.3 is 9.73 Å². The highest BCUT2D eigenvalue weighted by molar-refractivity contribution is 5.93. The molecule has 0 aromatic carbocycles. The normalized spacial score (nSPS) is 23.2. The van der Waals surface area contributed by atoms with Crippen molar-refractivity contribution < 1.29 is 9.21 Å². The molecule has 2 aromatic rings. The fourth-order valence-corrected chi connectivity index (χ4v) is 4.41. The number of hydrogen-bond donors (Lipinski definition) is 2. The van der Waals surface area contributed by atoms with Crippen LogP contribution >= 0.6 is 0 Å².